The quantitative estimate of drug-likeness (QED) is 0.160. The second kappa shape index (κ2) is 16.2. The van der Waals surface area contributed by atoms with E-state index in [4.69, 9.17) is 0 Å². The molecule has 4 aliphatic rings. The molecule has 0 saturated carbocycles. The van der Waals surface area contributed by atoms with E-state index in [2.05, 4.69) is 297 Å². The van der Waals surface area contributed by atoms with E-state index >= 15 is 0 Å². The van der Waals surface area contributed by atoms with E-state index in [-0.39, 0.29) is 13.7 Å². The predicted molar refractivity (Wildman–Crippen MR) is 333 cm³/mol. The molecule has 12 aromatic carbocycles. The first-order valence-corrected chi connectivity index (χ1v) is 27.5. The third-order valence-electron chi connectivity index (χ3n) is 17.6. The number of para-hydroxylation sites is 8. The average Bonchev–Trinajstić information content (AvgIpc) is 4.17. The van der Waals surface area contributed by atoms with Gasteiger partial charge in [-0.3, -0.25) is 0 Å². The molecular weight excluding hydrogens is 956 g/mol. The van der Waals surface area contributed by atoms with Gasteiger partial charge < -0.3 is 23.7 Å². The number of benzene rings is 12. The fraction of sp³-hybridized carbons (Fsp3) is 0. The largest absolute Gasteiger partial charge is 0.444 e. The van der Waals surface area contributed by atoms with Crippen LogP contribution in [-0.2, 0) is 0 Å². The zero-order valence-electron chi connectivity index (χ0n) is 42.9. The molecule has 0 atom stereocenters. The maximum absolute atomic E-state index is 2.86. The molecule has 6 heterocycles. The predicted octanol–water partition coefficient (Wildman–Crippen LogP) is 15.5. The van der Waals surface area contributed by atoms with Gasteiger partial charge in [0, 0.05) is 83.9 Å². The zero-order valence-corrected chi connectivity index (χ0v) is 42.9. The molecule has 7 heteroatoms. The molecule has 2 aromatic heterocycles. The maximum Gasteiger partial charge on any atom is 0.316 e. The van der Waals surface area contributed by atoms with Gasteiger partial charge in [0.1, 0.15) is 0 Å². The van der Waals surface area contributed by atoms with Crippen LogP contribution in [0.2, 0.25) is 0 Å². The van der Waals surface area contributed by atoms with Gasteiger partial charge in [0.15, 0.2) is 0 Å². The van der Waals surface area contributed by atoms with Crippen molar-refractivity contribution >= 4 is 119 Å². The van der Waals surface area contributed by atoms with Crippen molar-refractivity contribution in [2.24, 2.45) is 0 Å². The Bertz CT molecular complexity index is 4500. The van der Waals surface area contributed by atoms with E-state index in [0.29, 0.717) is 0 Å². The lowest BCUT2D eigenvalue weighted by Gasteiger charge is -2.53. The molecule has 5 nitrogen and oxygen atoms in total. The third-order valence-corrected chi connectivity index (χ3v) is 17.6. The standard InChI is InChI=1S/C72H45B2N5/c1-4-22-46(23-5-1)47-40-58-56-42-50(77-62-34-16-10-28-52(62)53-29-11-17-35-63(53)77)44-68-70(56)73(60-32-14-20-38-66(60)75(68)48-24-6-2-7-25-48)79-72(58)59(41-47)57-43-51(78-64-36-18-12-30-54(64)55-31-13-19-37-65(55)78)45-69-71(57)74(79)61-33-15-21-39-67(61)76(69)49-26-8-3-9-27-49/h1-45H. The molecule has 4 aliphatic heterocycles. The van der Waals surface area contributed by atoms with Gasteiger partial charge in [0.2, 0.25) is 0 Å². The van der Waals surface area contributed by atoms with E-state index in [1.165, 1.54) is 127 Å². The van der Waals surface area contributed by atoms with Crippen LogP contribution < -0.4 is 36.4 Å². The third kappa shape index (κ3) is 5.85. The smallest absolute Gasteiger partial charge is 0.316 e. The molecular formula is C72H45B2N5. The molecule has 0 saturated heterocycles. The molecule has 14 aromatic rings. The van der Waals surface area contributed by atoms with E-state index in [1.807, 2.05) is 0 Å². The van der Waals surface area contributed by atoms with Crippen LogP contribution in [0.1, 0.15) is 0 Å². The molecule has 0 amide bonds. The summed E-state index contributed by atoms with van der Waals surface area (Å²) in [6.45, 7) is -0.330. The lowest BCUT2D eigenvalue weighted by molar-refractivity contribution is 1.17. The number of fused-ring (bicyclic) bond motifs is 14. The average molecular weight is 1000 g/mol. The summed E-state index contributed by atoms with van der Waals surface area (Å²) in [5.74, 6) is 0. The molecule has 0 aliphatic carbocycles. The minimum Gasteiger partial charge on any atom is -0.444 e. The highest BCUT2D eigenvalue weighted by molar-refractivity contribution is 7.09. The van der Waals surface area contributed by atoms with Crippen molar-refractivity contribution in [3.8, 4) is 44.8 Å². The van der Waals surface area contributed by atoms with Crippen LogP contribution in [0.3, 0.4) is 0 Å². The summed E-state index contributed by atoms with van der Waals surface area (Å²) < 4.78 is 7.88. The second-order valence-electron chi connectivity index (χ2n) is 21.5. The van der Waals surface area contributed by atoms with Gasteiger partial charge in [-0.05, 0) is 141 Å². The first-order valence-electron chi connectivity index (χ1n) is 27.5. The van der Waals surface area contributed by atoms with Gasteiger partial charge in [-0.1, -0.05) is 176 Å². The van der Waals surface area contributed by atoms with Crippen LogP contribution >= 0.6 is 0 Å². The van der Waals surface area contributed by atoms with E-state index in [0.717, 1.165) is 22.7 Å². The highest BCUT2D eigenvalue weighted by Gasteiger charge is 2.54. The van der Waals surface area contributed by atoms with Gasteiger partial charge in [-0.15, -0.1) is 0 Å². The highest BCUT2D eigenvalue weighted by atomic mass is 15.2. The summed E-state index contributed by atoms with van der Waals surface area (Å²) in [6.07, 6.45) is 0. The number of anilines is 7. The molecule has 0 unspecified atom stereocenters. The van der Waals surface area contributed by atoms with Crippen LogP contribution in [0, 0.1) is 0 Å². The van der Waals surface area contributed by atoms with Crippen molar-refractivity contribution in [1.82, 2.24) is 9.13 Å². The Balaban J connectivity index is 1.03. The van der Waals surface area contributed by atoms with Crippen molar-refractivity contribution in [2.75, 3.05) is 14.5 Å². The Morgan fingerprint density at radius 3 is 1.03 bits per heavy atom. The van der Waals surface area contributed by atoms with E-state index < -0.39 is 0 Å². The van der Waals surface area contributed by atoms with Gasteiger partial charge in [0.25, 0.3) is 0 Å². The van der Waals surface area contributed by atoms with Gasteiger partial charge >= 0.3 is 13.7 Å². The minimum absolute atomic E-state index is 0.165. The second-order valence-corrected chi connectivity index (χ2v) is 21.5. The molecule has 0 bridgehead atoms. The van der Waals surface area contributed by atoms with Crippen LogP contribution in [0.25, 0.3) is 88.4 Å². The number of nitrogens with zero attached hydrogens (tertiary/aromatic N) is 5. The fourth-order valence-electron chi connectivity index (χ4n) is 14.5. The van der Waals surface area contributed by atoms with Gasteiger partial charge in [0.05, 0.1) is 22.1 Å². The van der Waals surface area contributed by atoms with Crippen molar-refractivity contribution < 1.29 is 0 Å². The SMILES string of the molecule is c1ccc(-c2cc3c4c(c2)-c2cc(-n5c6ccccc6c6ccccc65)cc5c2B(c2ccccc2N5c2ccccc2)N4B2c4ccccc4N(c4ccccc4)c4cc(-n5c6ccccc6c6ccccc65)cc-3c42)cc1. The number of hydrogen-bond donors (Lipinski definition) is 0. The van der Waals surface area contributed by atoms with Crippen LogP contribution in [0.5, 0.6) is 0 Å². The van der Waals surface area contributed by atoms with Crippen LogP contribution in [0.15, 0.2) is 273 Å². The first-order chi connectivity index (χ1) is 39.2. The molecule has 79 heavy (non-hydrogen) atoms. The number of rotatable bonds is 5. The molecule has 18 rings (SSSR count). The Morgan fingerprint density at radius 1 is 0.253 bits per heavy atom. The molecule has 0 radical (unpaired) electrons. The van der Waals surface area contributed by atoms with Crippen molar-refractivity contribution in [3.63, 3.8) is 0 Å². The van der Waals surface area contributed by atoms with Crippen molar-refractivity contribution in [2.45, 2.75) is 0 Å². The lowest BCUT2D eigenvalue weighted by atomic mass is 9.32. The van der Waals surface area contributed by atoms with Crippen molar-refractivity contribution in [1.29, 1.82) is 0 Å². The Labute approximate surface area is 457 Å². The Morgan fingerprint density at radius 2 is 0.608 bits per heavy atom. The summed E-state index contributed by atoms with van der Waals surface area (Å²) in [5, 5.41) is 4.98. The monoisotopic (exact) mass is 1000 g/mol. The fourth-order valence-corrected chi connectivity index (χ4v) is 14.5. The summed E-state index contributed by atoms with van der Waals surface area (Å²) in [6, 6.07) is 102. The summed E-state index contributed by atoms with van der Waals surface area (Å²) in [7, 11) is 0. The Hall–Kier alpha value is -10.2. The number of hydrogen-bond acceptors (Lipinski definition) is 3. The Kier molecular flexibility index (Phi) is 8.78. The van der Waals surface area contributed by atoms with Gasteiger partial charge in [-0.2, -0.15) is 0 Å². The lowest BCUT2D eigenvalue weighted by Crippen LogP contribution is -2.74. The topological polar surface area (TPSA) is 19.6 Å². The summed E-state index contributed by atoms with van der Waals surface area (Å²) >= 11 is 0. The highest BCUT2D eigenvalue weighted by Crippen LogP contribution is 2.54. The first kappa shape index (κ1) is 42.9. The van der Waals surface area contributed by atoms with Gasteiger partial charge in [-0.25, -0.2) is 0 Å². The zero-order chi connectivity index (χ0) is 51.4. The summed E-state index contributed by atoms with van der Waals surface area (Å²) in [4.78, 5) is 5.09. The van der Waals surface area contributed by atoms with E-state index in [1.54, 1.807) is 0 Å². The molecule has 0 spiro atoms. The van der Waals surface area contributed by atoms with Crippen molar-refractivity contribution in [3.05, 3.63) is 273 Å². The normalized spacial score (nSPS) is 13.4. The molecule has 364 valence electrons. The van der Waals surface area contributed by atoms with Crippen LogP contribution in [0.4, 0.5) is 39.8 Å². The summed E-state index contributed by atoms with van der Waals surface area (Å²) in [5.41, 5.74) is 27.8. The maximum atomic E-state index is 2.86. The minimum atomic E-state index is -0.165. The van der Waals surface area contributed by atoms with E-state index in [9.17, 15) is 0 Å². The van der Waals surface area contributed by atoms with Crippen LogP contribution in [-0.4, -0.2) is 22.8 Å². The molecule has 0 fully saturated rings. The number of aromatic nitrogens is 2. The molecule has 0 N–H and O–H groups in total.